The van der Waals surface area contributed by atoms with Crippen LogP contribution in [0.5, 0.6) is 0 Å². The predicted molar refractivity (Wildman–Crippen MR) is 73.8 cm³/mol. The normalized spacial score (nSPS) is 10.1. The highest BCUT2D eigenvalue weighted by molar-refractivity contribution is 6.34. The van der Waals surface area contributed by atoms with E-state index in [1.165, 1.54) is 0 Å². The molecule has 0 bridgehead atoms. The molecule has 0 atom stereocenters. The van der Waals surface area contributed by atoms with Gasteiger partial charge in [0.2, 0.25) is 0 Å². The van der Waals surface area contributed by atoms with Gasteiger partial charge in [-0.1, -0.05) is 23.8 Å². The molecule has 98 valence electrons. The average molecular weight is 269 g/mol. The topological polar surface area (TPSA) is 64.3 Å². The molecule has 0 fully saturated rings. The lowest BCUT2D eigenvalue weighted by Gasteiger charge is -2.08. The number of anilines is 1. The molecule has 0 heterocycles. The number of hydrogen-bond acceptors (Lipinski definition) is 3. The lowest BCUT2D eigenvalue weighted by atomic mass is 10.2. The van der Waals surface area contributed by atoms with E-state index in [0.29, 0.717) is 36.0 Å². The van der Waals surface area contributed by atoms with Crippen LogP contribution in [-0.2, 0) is 4.74 Å². The summed E-state index contributed by atoms with van der Waals surface area (Å²) in [5, 5.41) is 3.06. The van der Waals surface area contributed by atoms with Crippen molar-refractivity contribution in [2.24, 2.45) is 0 Å². The van der Waals surface area contributed by atoms with Crippen molar-refractivity contribution < 1.29 is 9.53 Å². The molecule has 3 N–H and O–H groups in total. The minimum atomic E-state index is -0.237. The Morgan fingerprint density at radius 3 is 2.89 bits per heavy atom. The summed E-state index contributed by atoms with van der Waals surface area (Å²) in [6.45, 7) is 6.95. The van der Waals surface area contributed by atoms with E-state index < -0.39 is 0 Å². The molecule has 0 aliphatic rings. The fraction of sp³-hybridized carbons (Fsp3) is 0.308. The van der Waals surface area contributed by atoms with Crippen LogP contribution in [0, 0.1) is 0 Å². The van der Waals surface area contributed by atoms with Crippen LogP contribution in [0.2, 0.25) is 5.02 Å². The number of rotatable bonds is 6. The Labute approximate surface area is 112 Å². The molecule has 0 spiro atoms. The summed E-state index contributed by atoms with van der Waals surface area (Å²) in [5.74, 6) is -0.237. The molecule has 18 heavy (non-hydrogen) atoms. The van der Waals surface area contributed by atoms with Gasteiger partial charge in [-0.15, -0.1) is 0 Å². The summed E-state index contributed by atoms with van der Waals surface area (Å²) in [6.07, 6.45) is 0. The molecule has 0 unspecified atom stereocenters. The number of carbonyl (C=O) groups excluding carboxylic acids is 1. The third-order valence-corrected chi connectivity index (χ3v) is 2.43. The van der Waals surface area contributed by atoms with Crippen molar-refractivity contribution in [1.29, 1.82) is 0 Å². The minimum absolute atomic E-state index is 0.237. The largest absolute Gasteiger partial charge is 0.399 e. The van der Waals surface area contributed by atoms with Crippen LogP contribution in [0.4, 0.5) is 5.69 Å². The Morgan fingerprint density at radius 1 is 1.56 bits per heavy atom. The van der Waals surface area contributed by atoms with Gasteiger partial charge in [0.15, 0.2) is 0 Å². The first-order valence-corrected chi connectivity index (χ1v) is 5.94. The van der Waals surface area contributed by atoms with Gasteiger partial charge in [-0.2, -0.15) is 0 Å². The molecule has 0 saturated heterocycles. The number of ether oxygens (including phenoxy) is 1. The molecule has 0 saturated carbocycles. The summed E-state index contributed by atoms with van der Waals surface area (Å²) in [5.41, 5.74) is 7.44. The molecule has 1 aromatic rings. The fourth-order valence-electron chi connectivity index (χ4n) is 1.29. The number of hydrogen-bond donors (Lipinski definition) is 2. The van der Waals surface area contributed by atoms with Crippen molar-refractivity contribution in [1.82, 2.24) is 5.32 Å². The lowest BCUT2D eigenvalue weighted by Crippen LogP contribution is -2.27. The van der Waals surface area contributed by atoms with Crippen LogP contribution < -0.4 is 11.1 Å². The van der Waals surface area contributed by atoms with Gasteiger partial charge < -0.3 is 15.8 Å². The first-order valence-electron chi connectivity index (χ1n) is 5.56. The SMILES string of the molecule is C=C(C)COCCNC(=O)c1ccc(N)cc1Cl. The smallest absolute Gasteiger partial charge is 0.252 e. The zero-order valence-corrected chi connectivity index (χ0v) is 11.1. The van der Waals surface area contributed by atoms with Crippen molar-refractivity contribution in [3.05, 3.63) is 40.9 Å². The summed E-state index contributed by atoms with van der Waals surface area (Å²) in [6, 6.07) is 4.79. The average Bonchev–Trinajstić information content (AvgIpc) is 2.27. The van der Waals surface area contributed by atoms with Gasteiger partial charge in [0.05, 0.1) is 23.8 Å². The van der Waals surface area contributed by atoms with E-state index in [2.05, 4.69) is 11.9 Å². The third kappa shape index (κ3) is 4.77. The van der Waals surface area contributed by atoms with Crippen LogP contribution in [0.1, 0.15) is 17.3 Å². The minimum Gasteiger partial charge on any atom is -0.399 e. The molecule has 4 nitrogen and oxygen atoms in total. The van der Waals surface area contributed by atoms with Gasteiger partial charge in [0, 0.05) is 12.2 Å². The number of amides is 1. The molecule has 0 aromatic heterocycles. The summed E-state index contributed by atoms with van der Waals surface area (Å²) in [7, 11) is 0. The van der Waals surface area contributed by atoms with Crippen LogP contribution in [0.25, 0.3) is 0 Å². The van der Waals surface area contributed by atoms with Crippen LogP contribution in [-0.4, -0.2) is 25.7 Å². The highest BCUT2D eigenvalue weighted by atomic mass is 35.5. The summed E-state index contributed by atoms with van der Waals surface area (Å²) in [4.78, 5) is 11.8. The van der Waals surface area contributed by atoms with Gasteiger partial charge >= 0.3 is 0 Å². The Hall–Kier alpha value is -1.52. The maximum atomic E-state index is 11.8. The number of carbonyl (C=O) groups is 1. The second kappa shape index (κ2) is 7.03. The first-order chi connectivity index (χ1) is 8.50. The Kier molecular flexibility index (Phi) is 5.68. The second-order valence-electron chi connectivity index (χ2n) is 4.00. The monoisotopic (exact) mass is 268 g/mol. The zero-order valence-electron chi connectivity index (χ0n) is 10.3. The summed E-state index contributed by atoms with van der Waals surface area (Å²) < 4.78 is 5.26. The number of halogens is 1. The molecule has 0 radical (unpaired) electrons. The number of nitrogens with two attached hydrogens (primary N) is 1. The Morgan fingerprint density at radius 2 is 2.28 bits per heavy atom. The van der Waals surface area contributed by atoms with Crippen molar-refractivity contribution in [2.45, 2.75) is 6.92 Å². The van der Waals surface area contributed by atoms with E-state index >= 15 is 0 Å². The number of nitrogens with one attached hydrogen (secondary N) is 1. The fourth-order valence-corrected chi connectivity index (χ4v) is 1.57. The van der Waals surface area contributed by atoms with Gasteiger partial charge in [0.1, 0.15) is 0 Å². The molecule has 1 amide bonds. The second-order valence-corrected chi connectivity index (χ2v) is 4.41. The lowest BCUT2D eigenvalue weighted by molar-refractivity contribution is 0.0927. The predicted octanol–water partition coefficient (Wildman–Crippen LogP) is 2.24. The van der Waals surface area contributed by atoms with Crippen LogP contribution in [0.15, 0.2) is 30.4 Å². The van der Waals surface area contributed by atoms with Gasteiger partial charge in [0.25, 0.3) is 5.91 Å². The van der Waals surface area contributed by atoms with Crippen molar-refractivity contribution in [3.63, 3.8) is 0 Å². The van der Waals surface area contributed by atoms with Crippen molar-refractivity contribution >= 4 is 23.2 Å². The van der Waals surface area contributed by atoms with Crippen molar-refractivity contribution in [3.8, 4) is 0 Å². The maximum absolute atomic E-state index is 11.8. The van der Waals surface area contributed by atoms with Crippen LogP contribution in [0.3, 0.4) is 0 Å². The quantitative estimate of drug-likeness (QED) is 0.472. The molecule has 0 aliphatic heterocycles. The van der Waals surface area contributed by atoms with Gasteiger partial charge in [-0.05, 0) is 25.1 Å². The molecule has 0 aliphatic carbocycles. The van der Waals surface area contributed by atoms with E-state index in [9.17, 15) is 4.79 Å². The van der Waals surface area contributed by atoms with Gasteiger partial charge in [-0.25, -0.2) is 0 Å². The zero-order chi connectivity index (χ0) is 13.5. The van der Waals surface area contributed by atoms with E-state index in [-0.39, 0.29) is 5.91 Å². The maximum Gasteiger partial charge on any atom is 0.252 e. The van der Waals surface area contributed by atoms with Gasteiger partial charge in [-0.3, -0.25) is 4.79 Å². The summed E-state index contributed by atoms with van der Waals surface area (Å²) >= 11 is 5.92. The molecular weight excluding hydrogens is 252 g/mol. The highest BCUT2D eigenvalue weighted by Crippen LogP contribution is 2.18. The van der Waals surface area contributed by atoms with E-state index in [4.69, 9.17) is 22.1 Å². The van der Waals surface area contributed by atoms with Crippen molar-refractivity contribution in [2.75, 3.05) is 25.5 Å². The number of nitrogen functional groups attached to an aromatic ring is 1. The Bertz CT molecular complexity index is 447. The molecule has 5 heteroatoms. The van der Waals surface area contributed by atoms with E-state index in [0.717, 1.165) is 5.57 Å². The number of benzene rings is 1. The third-order valence-electron chi connectivity index (χ3n) is 2.12. The molecular formula is C13H17ClN2O2. The molecule has 1 rings (SSSR count). The standard InChI is InChI=1S/C13H17ClN2O2/c1-9(2)8-18-6-5-16-13(17)11-4-3-10(15)7-12(11)14/h3-4,7H,1,5-6,8,15H2,2H3,(H,16,17). The molecule has 1 aromatic carbocycles. The van der Waals surface area contributed by atoms with Crippen LogP contribution >= 0.6 is 11.6 Å². The Balaban J connectivity index is 2.39. The highest BCUT2D eigenvalue weighted by Gasteiger charge is 2.09. The van der Waals surface area contributed by atoms with E-state index in [1.807, 2.05) is 6.92 Å². The van der Waals surface area contributed by atoms with E-state index in [1.54, 1.807) is 18.2 Å². The first kappa shape index (κ1) is 14.5.